The van der Waals surface area contributed by atoms with Crippen LogP contribution in [0.3, 0.4) is 0 Å². The van der Waals surface area contributed by atoms with Crippen molar-refractivity contribution in [3.05, 3.63) is 87.9 Å². The van der Waals surface area contributed by atoms with E-state index in [1.54, 1.807) is 7.11 Å². The van der Waals surface area contributed by atoms with Crippen LogP contribution in [-0.2, 0) is 16.8 Å². The summed E-state index contributed by atoms with van der Waals surface area (Å²) in [5.41, 5.74) is 3.61. The second-order valence-corrected chi connectivity index (χ2v) is 13.1. The van der Waals surface area contributed by atoms with Gasteiger partial charge >= 0.3 is 0 Å². The molecular formula is C35H41ClN2O4. The Labute approximate surface area is 254 Å². The normalized spacial score (nSPS) is 25.3. The number of fused-ring (bicyclic) bond motifs is 3. The number of aliphatic hydroxyl groups is 1. The summed E-state index contributed by atoms with van der Waals surface area (Å²) in [6.45, 7) is 5.93. The molecule has 6 rings (SSSR count). The van der Waals surface area contributed by atoms with Gasteiger partial charge in [0.25, 0.3) is 0 Å². The van der Waals surface area contributed by atoms with Gasteiger partial charge in [0.2, 0.25) is 5.91 Å². The summed E-state index contributed by atoms with van der Waals surface area (Å²) < 4.78 is 11.8. The van der Waals surface area contributed by atoms with E-state index in [0.29, 0.717) is 28.6 Å². The van der Waals surface area contributed by atoms with Crippen molar-refractivity contribution in [2.45, 2.75) is 82.7 Å². The van der Waals surface area contributed by atoms with Crippen molar-refractivity contribution in [2.75, 3.05) is 19.1 Å². The largest absolute Gasteiger partial charge is 0.493 e. The van der Waals surface area contributed by atoms with E-state index in [-0.39, 0.29) is 30.4 Å². The zero-order chi connectivity index (χ0) is 29.8. The maximum Gasteiger partial charge on any atom is 0.232 e. The third kappa shape index (κ3) is 5.18. The number of ether oxygens (including phenoxy) is 2. The van der Waals surface area contributed by atoms with Crippen LogP contribution in [0, 0.1) is 5.92 Å². The minimum Gasteiger partial charge on any atom is -0.493 e. The molecule has 3 aliphatic heterocycles. The van der Waals surface area contributed by atoms with E-state index in [4.69, 9.17) is 21.1 Å². The Morgan fingerprint density at radius 2 is 1.62 bits per heavy atom. The first-order valence-electron chi connectivity index (χ1n) is 15.1. The van der Waals surface area contributed by atoms with Crippen LogP contribution in [0.2, 0.25) is 5.02 Å². The topological polar surface area (TPSA) is 62.2 Å². The van der Waals surface area contributed by atoms with Gasteiger partial charge in [-0.2, -0.15) is 0 Å². The molecule has 0 spiro atoms. The van der Waals surface area contributed by atoms with Crippen LogP contribution in [0.1, 0.15) is 74.8 Å². The van der Waals surface area contributed by atoms with Gasteiger partial charge in [-0.1, -0.05) is 35.9 Å². The predicted molar refractivity (Wildman–Crippen MR) is 167 cm³/mol. The third-order valence-electron chi connectivity index (χ3n) is 9.76. The summed E-state index contributed by atoms with van der Waals surface area (Å²) in [5, 5.41) is 12.5. The molecule has 7 heteroatoms. The molecule has 4 unspecified atom stereocenters. The second kappa shape index (κ2) is 11.2. The van der Waals surface area contributed by atoms with E-state index in [9.17, 15) is 9.90 Å². The maximum absolute atomic E-state index is 13.9. The zero-order valence-electron chi connectivity index (χ0n) is 25.1. The van der Waals surface area contributed by atoms with E-state index in [2.05, 4.69) is 11.9 Å². The van der Waals surface area contributed by atoms with Crippen LogP contribution in [0.25, 0.3) is 0 Å². The monoisotopic (exact) mass is 588 g/mol. The molecule has 1 N–H and O–H groups in total. The number of halogens is 1. The summed E-state index contributed by atoms with van der Waals surface area (Å²) in [5.74, 6) is 1.47. The van der Waals surface area contributed by atoms with Crippen LogP contribution >= 0.6 is 11.6 Å². The number of methoxy groups -OCH3 is 1. The molecule has 3 heterocycles. The minimum atomic E-state index is -0.936. The van der Waals surface area contributed by atoms with Gasteiger partial charge in [0, 0.05) is 22.8 Å². The SMILES string of the molecule is COc1cc2c(cc1OC(C)C)C(c1ccc(Cl)cc1)N(c1ccc(C(C)(O)C3CC4CCC(C3)N4C)cc1)C(=O)C2. The molecule has 0 saturated carbocycles. The molecule has 3 aromatic carbocycles. The van der Waals surface area contributed by atoms with Gasteiger partial charge in [-0.25, -0.2) is 0 Å². The van der Waals surface area contributed by atoms with E-state index < -0.39 is 5.60 Å². The van der Waals surface area contributed by atoms with Crippen molar-refractivity contribution < 1.29 is 19.4 Å². The van der Waals surface area contributed by atoms with Crippen molar-refractivity contribution in [3.63, 3.8) is 0 Å². The summed E-state index contributed by atoms with van der Waals surface area (Å²) in [6, 6.07) is 20.3. The molecule has 1 amide bonds. The van der Waals surface area contributed by atoms with Crippen molar-refractivity contribution in [3.8, 4) is 11.5 Å². The van der Waals surface area contributed by atoms with Crippen molar-refractivity contribution in [1.29, 1.82) is 0 Å². The first-order chi connectivity index (χ1) is 20.1. The molecule has 6 nitrogen and oxygen atoms in total. The van der Waals surface area contributed by atoms with Gasteiger partial charge in [0.15, 0.2) is 11.5 Å². The average molecular weight is 589 g/mol. The molecule has 2 fully saturated rings. The van der Waals surface area contributed by atoms with Crippen molar-refractivity contribution >= 4 is 23.2 Å². The van der Waals surface area contributed by atoms with Crippen LogP contribution in [0.5, 0.6) is 11.5 Å². The number of piperidine rings is 1. The maximum atomic E-state index is 13.9. The highest BCUT2D eigenvalue weighted by molar-refractivity contribution is 6.30. The molecule has 3 aromatic rings. The quantitative estimate of drug-likeness (QED) is 0.325. The van der Waals surface area contributed by atoms with E-state index in [1.807, 2.05) is 86.3 Å². The number of hydrogen-bond donors (Lipinski definition) is 1. The lowest BCUT2D eigenvalue weighted by Crippen LogP contribution is -2.46. The van der Waals surface area contributed by atoms with Gasteiger partial charge in [0.1, 0.15) is 0 Å². The van der Waals surface area contributed by atoms with Crippen molar-refractivity contribution in [2.24, 2.45) is 5.92 Å². The number of nitrogens with zero attached hydrogens (tertiary/aromatic N) is 2. The van der Waals surface area contributed by atoms with E-state index in [0.717, 1.165) is 40.8 Å². The molecule has 0 radical (unpaired) electrons. The zero-order valence-corrected chi connectivity index (χ0v) is 25.9. The Kier molecular flexibility index (Phi) is 7.75. The number of hydrogen-bond acceptors (Lipinski definition) is 5. The highest BCUT2D eigenvalue weighted by Crippen LogP contribution is 2.47. The van der Waals surface area contributed by atoms with Gasteiger partial charge in [-0.05, 0) is 118 Å². The summed E-state index contributed by atoms with van der Waals surface area (Å²) in [4.78, 5) is 18.2. The molecule has 2 saturated heterocycles. The third-order valence-corrected chi connectivity index (χ3v) is 10.0. The number of carbonyl (C=O) groups excluding carboxylic acids is 1. The Bertz CT molecular complexity index is 1440. The number of rotatable bonds is 7. The summed E-state index contributed by atoms with van der Waals surface area (Å²) >= 11 is 6.27. The fourth-order valence-electron chi connectivity index (χ4n) is 7.39. The Balaban J connectivity index is 1.38. The first kappa shape index (κ1) is 29.0. The minimum absolute atomic E-state index is 0.00608. The molecule has 4 atom stereocenters. The predicted octanol–water partition coefficient (Wildman–Crippen LogP) is 6.89. The highest BCUT2D eigenvalue weighted by Gasteiger charge is 2.45. The molecule has 222 valence electrons. The number of carbonyl (C=O) groups is 1. The molecule has 0 aliphatic carbocycles. The van der Waals surface area contributed by atoms with Gasteiger partial charge in [0.05, 0.1) is 31.3 Å². The standard InChI is InChI=1S/C35H41ClN2O4/c1-21(2)42-32-20-30-23(16-31(32)41-5)17-33(39)38(34(30)22-6-10-26(36)11-7-22)27-12-8-24(9-13-27)35(3,40)25-18-28-14-15-29(19-25)37(28)4/h6-13,16,20-21,25,28-29,34,40H,14-15,17-19H2,1-5H3. The number of amides is 1. The Morgan fingerprint density at radius 3 is 2.21 bits per heavy atom. The lowest BCUT2D eigenvalue weighted by atomic mass is 9.75. The average Bonchev–Trinajstić information content (AvgIpc) is 3.15. The van der Waals surface area contributed by atoms with Gasteiger partial charge in [-0.3, -0.25) is 4.79 Å². The van der Waals surface area contributed by atoms with Gasteiger partial charge in [-0.15, -0.1) is 0 Å². The molecule has 42 heavy (non-hydrogen) atoms. The van der Waals surface area contributed by atoms with E-state index >= 15 is 0 Å². The summed E-state index contributed by atoms with van der Waals surface area (Å²) in [7, 11) is 3.84. The highest BCUT2D eigenvalue weighted by atomic mass is 35.5. The Morgan fingerprint density at radius 1 is 0.976 bits per heavy atom. The first-order valence-corrected chi connectivity index (χ1v) is 15.4. The molecule has 2 bridgehead atoms. The smallest absolute Gasteiger partial charge is 0.232 e. The Hall–Kier alpha value is -3.06. The second-order valence-electron chi connectivity index (χ2n) is 12.7. The molecular weight excluding hydrogens is 548 g/mol. The van der Waals surface area contributed by atoms with Crippen LogP contribution < -0.4 is 14.4 Å². The number of benzene rings is 3. The van der Waals surface area contributed by atoms with Crippen LogP contribution in [0.4, 0.5) is 5.69 Å². The van der Waals surface area contributed by atoms with Gasteiger partial charge < -0.3 is 24.4 Å². The lowest BCUT2D eigenvalue weighted by Gasteiger charge is -2.43. The van der Waals surface area contributed by atoms with E-state index in [1.165, 1.54) is 12.8 Å². The van der Waals surface area contributed by atoms with Crippen LogP contribution in [0.15, 0.2) is 60.7 Å². The fraction of sp³-hybridized carbons (Fsp3) is 0.457. The number of anilines is 1. The van der Waals surface area contributed by atoms with Crippen LogP contribution in [-0.4, -0.2) is 48.3 Å². The molecule has 3 aliphatic rings. The summed E-state index contributed by atoms with van der Waals surface area (Å²) in [6.07, 6.45) is 4.65. The van der Waals surface area contributed by atoms with Crippen molar-refractivity contribution in [1.82, 2.24) is 4.90 Å². The lowest BCUT2D eigenvalue weighted by molar-refractivity contribution is -0.118. The fourth-order valence-corrected chi connectivity index (χ4v) is 7.52. The molecule has 0 aromatic heterocycles.